The monoisotopic (exact) mass is 489 g/mol. The lowest BCUT2D eigenvalue weighted by atomic mass is 10.1. The predicted octanol–water partition coefficient (Wildman–Crippen LogP) is 5.63. The summed E-state index contributed by atoms with van der Waals surface area (Å²) in [6.45, 7) is 0.203. The van der Waals surface area contributed by atoms with Crippen molar-refractivity contribution in [1.82, 2.24) is 9.78 Å². The van der Waals surface area contributed by atoms with Gasteiger partial charge in [-0.3, -0.25) is 9.48 Å². The van der Waals surface area contributed by atoms with Gasteiger partial charge in [-0.15, -0.1) is 0 Å². The third kappa shape index (κ3) is 4.79. The van der Waals surface area contributed by atoms with Crippen molar-refractivity contribution in [3.8, 4) is 11.3 Å². The number of aryl methyl sites for hydroxylation is 1. The van der Waals surface area contributed by atoms with E-state index in [1.54, 1.807) is 0 Å². The molecule has 3 rings (SSSR count). The Hall–Kier alpha value is -2.39. The molecule has 2 aromatic carbocycles. The SMILES string of the molecule is Cn1nc(-c2cc(CNc3ccc(Br)cc3)c(Cl)cc2F)c(=O)cc1C(F)(F)F. The molecule has 0 fully saturated rings. The average Bonchev–Trinajstić information content (AvgIpc) is 2.63. The van der Waals surface area contributed by atoms with Crippen LogP contribution in [0.2, 0.25) is 5.02 Å². The van der Waals surface area contributed by atoms with Crippen LogP contribution in [-0.2, 0) is 19.8 Å². The maximum atomic E-state index is 14.4. The maximum Gasteiger partial charge on any atom is 0.433 e. The van der Waals surface area contributed by atoms with Gasteiger partial charge in [0.05, 0.1) is 0 Å². The van der Waals surface area contributed by atoms with E-state index in [0.29, 0.717) is 16.3 Å². The average molecular weight is 491 g/mol. The first-order chi connectivity index (χ1) is 13.6. The zero-order chi connectivity index (χ0) is 21.3. The Morgan fingerprint density at radius 3 is 2.45 bits per heavy atom. The first-order valence-corrected chi connectivity index (χ1v) is 9.36. The van der Waals surface area contributed by atoms with Crippen molar-refractivity contribution in [2.24, 2.45) is 7.05 Å². The van der Waals surface area contributed by atoms with Crippen molar-refractivity contribution in [1.29, 1.82) is 0 Å². The summed E-state index contributed by atoms with van der Waals surface area (Å²) in [7, 11) is 1.04. The quantitative estimate of drug-likeness (QED) is 0.482. The highest BCUT2D eigenvalue weighted by Gasteiger charge is 2.34. The van der Waals surface area contributed by atoms with Crippen LogP contribution >= 0.6 is 27.5 Å². The molecule has 0 bridgehead atoms. The van der Waals surface area contributed by atoms with E-state index in [-0.39, 0.29) is 17.1 Å². The fourth-order valence-corrected chi connectivity index (χ4v) is 3.15. The van der Waals surface area contributed by atoms with E-state index in [2.05, 4.69) is 26.3 Å². The van der Waals surface area contributed by atoms with Crippen LogP contribution in [-0.4, -0.2) is 9.78 Å². The van der Waals surface area contributed by atoms with E-state index < -0.39 is 28.8 Å². The second-order valence-electron chi connectivity index (χ2n) is 6.15. The summed E-state index contributed by atoms with van der Waals surface area (Å²) in [6, 6.07) is 10.0. The number of aromatic nitrogens is 2. The number of hydrogen-bond donors (Lipinski definition) is 1. The number of hydrogen-bond acceptors (Lipinski definition) is 3. The Bertz CT molecular complexity index is 1110. The maximum absolute atomic E-state index is 14.4. The summed E-state index contributed by atoms with van der Waals surface area (Å²) in [5.74, 6) is -0.855. The molecule has 0 aliphatic heterocycles. The molecule has 0 radical (unpaired) electrons. The number of nitrogens with zero attached hydrogens (tertiary/aromatic N) is 2. The van der Waals surface area contributed by atoms with Gasteiger partial charge in [-0.05, 0) is 42.0 Å². The van der Waals surface area contributed by atoms with E-state index in [1.165, 1.54) is 6.07 Å². The largest absolute Gasteiger partial charge is 0.433 e. The van der Waals surface area contributed by atoms with Crippen molar-refractivity contribution >= 4 is 33.2 Å². The molecule has 1 heterocycles. The van der Waals surface area contributed by atoms with E-state index in [4.69, 9.17) is 11.6 Å². The second-order valence-corrected chi connectivity index (χ2v) is 7.47. The Balaban J connectivity index is 1.98. The molecule has 0 aliphatic rings. The summed E-state index contributed by atoms with van der Waals surface area (Å²) < 4.78 is 54.7. The van der Waals surface area contributed by atoms with Crippen molar-refractivity contribution < 1.29 is 17.6 Å². The van der Waals surface area contributed by atoms with Gasteiger partial charge < -0.3 is 5.32 Å². The number of halogens is 6. The van der Waals surface area contributed by atoms with Crippen LogP contribution in [0.5, 0.6) is 0 Å². The number of anilines is 1. The van der Waals surface area contributed by atoms with E-state index in [9.17, 15) is 22.4 Å². The molecule has 3 aromatic rings. The Morgan fingerprint density at radius 1 is 1.17 bits per heavy atom. The highest BCUT2D eigenvalue weighted by Crippen LogP contribution is 2.30. The zero-order valence-corrected chi connectivity index (χ0v) is 17.2. The minimum Gasteiger partial charge on any atom is -0.381 e. The van der Waals surface area contributed by atoms with Gasteiger partial charge in [0.1, 0.15) is 17.2 Å². The van der Waals surface area contributed by atoms with Crippen molar-refractivity contribution in [2.45, 2.75) is 12.7 Å². The van der Waals surface area contributed by atoms with Crippen LogP contribution in [0, 0.1) is 5.82 Å². The molecule has 29 heavy (non-hydrogen) atoms. The van der Waals surface area contributed by atoms with Gasteiger partial charge >= 0.3 is 6.18 Å². The van der Waals surface area contributed by atoms with Gasteiger partial charge in [-0.1, -0.05) is 27.5 Å². The van der Waals surface area contributed by atoms with Crippen LogP contribution < -0.4 is 10.7 Å². The number of benzene rings is 2. The first-order valence-electron chi connectivity index (χ1n) is 8.19. The van der Waals surface area contributed by atoms with Gasteiger partial charge in [0.2, 0.25) is 5.43 Å². The van der Waals surface area contributed by atoms with Crippen molar-refractivity contribution in [2.75, 3.05) is 5.32 Å². The fourth-order valence-electron chi connectivity index (χ4n) is 2.67. The minimum absolute atomic E-state index is 0.111. The van der Waals surface area contributed by atoms with Crippen LogP contribution in [0.3, 0.4) is 0 Å². The summed E-state index contributed by atoms with van der Waals surface area (Å²) in [5.41, 5.74) is -1.69. The summed E-state index contributed by atoms with van der Waals surface area (Å²) in [4.78, 5) is 12.2. The van der Waals surface area contributed by atoms with Crippen LogP contribution in [0.1, 0.15) is 11.3 Å². The van der Waals surface area contributed by atoms with Gasteiger partial charge in [-0.25, -0.2) is 4.39 Å². The summed E-state index contributed by atoms with van der Waals surface area (Å²) in [5, 5.41) is 6.86. The Kier molecular flexibility index (Phi) is 6.00. The van der Waals surface area contributed by atoms with Crippen LogP contribution in [0.25, 0.3) is 11.3 Å². The lowest BCUT2D eigenvalue weighted by Gasteiger charge is -2.14. The number of alkyl halides is 3. The predicted molar refractivity (Wildman–Crippen MR) is 106 cm³/mol. The van der Waals surface area contributed by atoms with Gasteiger partial charge in [0.15, 0.2) is 0 Å². The Morgan fingerprint density at radius 2 is 1.83 bits per heavy atom. The van der Waals surface area contributed by atoms with E-state index >= 15 is 0 Å². The van der Waals surface area contributed by atoms with Gasteiger partial charge in [-0.2, -0.15) is 18.3 Å². The van der Waals surface area contributed by atoms with Crippen molar-refractivity contribution in [3.63, 3.8) is 0 Å². The molecule has 0 saturated carbocycles. The molecule has 0 aliphatic carbocycles. The Labute approximate surface area is 176 Å². The lowest BCUT2D eigenvalue weighted by Crippen LogP contribution is -2.23. The van der Waals surface area contributed by atoms with E-state index in [0.717, 1.165) is 23.3 Å². The smallest absolute Gasteiger partial charge is 0.381 e. The zero-order valence-electron chi connectivity index (χ0n) is 14.8. The van der Waals surface area contributed by atoms with Crippen molar-refractivity contribution in [3.05, 3.63) is 79.3 Å². The first kappa shape index (κ1) is 21.3. The lowest BCUT2D eigenvalue weighted by molar-refractivity contribution is -0.144. The van der Waals surface area contributed by atoms with E-state index in [1.807, 2.05) is 24.3 Å². The number of nitrogens with one attached hydrogen (secondary N) is 1. The number of rotatable bonds is 4. The molecule has 0 unspecified atom stereocenters. The van der Waals surface area contributed by atoms with Crippen LogP contribution in [0.15, 0.2) is 51.7 Å². The topological polar surface area (TPSA) is 46.9 Å². The molecule has 0 saturated heterocycles. The van der Waals surface area contributed by atoms with Crippen LogP contribution in [0.4, 0.5) is 23.2 Å². The molecule has 1 N–H and O–H groups in total. The molecule has 0 spiro atoms. The summed E-state index contributed by atoms with van der Waals surface area (Å²) >= 11 is 9.42. The molecule has 0 amide bonds. The third-order valence-electron chi connectivity index (χ3n) is 4.11. The molecule has 4 nitrogen and oxygen atoms in total. The summed E-state index contributed by atoms with van der Waals surface area (Å²) in [6.07, 6.45) is -4.75. The second kappa shape index (κ2) is 8.16. The standard InChI is InChI=1S/C19H13BrClF4N3O/c1-28-17(19(23,24)25)8-16(29)18(27-28)13-6-10(14(21)7-15(13)22)9-26-12-4-2-11(20)3-5-12/h2-8,26H,9H2,1H3. The van der Waals surface area contributed by atoms with Gasteiger partial charge in [0.25, 0.3) is 0 Å². The molecule has 10 heteroatoms. The molecule has 0 atom stereocenters. The molecule has 1 aromatic heterocycles. The normalized spacial score (nSPS) is 11.6. The highest BCUT2D eigenvalue weighted by molar-refractivity contribution is 9.10. The highest BCUT2D eigenvalue weighted by atomic mass is 79.9. The molecule has 152 valence electrons. The van der Waals surface area contributed by atoms with Gasteiger partial charge in [0, 0.05) is 40.4 Å². The minimum atomic E-state index is -4.75. The third-order valence-corrected chi connectivity index (χ3v) is 4.99. The molecular formula is C19H13BrClF4N3O. The fraction of sp³-hybridized carbons (Fsp3) is 0.158. The molecular weight excluding hydrogens is 478 g/mol.